The Bertz CT molecular complexity index is 372. The maximum absolute atomic E-state index is 13.9. The molecule has 0 aromatic carbocycles. The van der Waals surface area contributed by atoms with E-state index in [1.54, 1.807) is 4.90 Å². The van der Waals surface area contributed by atoms with Crippen LogP contribution in [0.1, 0.15) is 25.5 Å². The number of aromatic nitrogens is 2. The van der Waals surface area contributed by atoms with Gasteiger partial charge in [-0.25, -0.2) is 14.4 Å². The quantitative estimate of drug-likeness (QED) is 0.820. The number of halogens is 1. The summed E-state index contributed by atoms with van der Waals surface area (Å²) in [7, 11) is 0. The van der Waals surface area contributed by atoms with E-state index in [4.69, 9.17) is 0 Å². The first-order valence-electron chi connectivity index (χ1n) is 5.64. The summed E-state index contributed by atoms with van der Waals surface area (Å²) in [5, 5.41) is 9.55. The lowest BCUT2D eigenvalue weighted by atomic mass is 10.1. The summed E-state index contributed by atoms with van der Waals surface area (Å²) < 4.78 is 13.9. The molecule has 1 aliphatic rings. The predicted molar refractivity (Wildman–Crippen MR) is 58.8 cm³/mol. The van der Waals surface area contributed by atoms with E-state index < -0.39 is 0 Å². The molecule has 16 heavy (non-hydrogen) atoms. The first kappa shape index (κ1) is 11.3. The molecule has 1 N–H and O–H groups in total. The van der Waals surface area contributed by atoms with Gasteiger partial charge < -0.3 is 10.0 Å². The van der Waals surface area contributed by atoms with Gasteiger partial charge in [0, 0.05) is 13.1 Å². The summed E-state index contributed by atoms with van der Waals surface area (Å²) in [5.74, 6) is -0.0234. The van der Waals surface area contributed by atoms with Gasteiger partial charge in [0.25, 0.3) is 0 Å². The van der Waals surface area contributed by atoms with Gasteiger partial charge in [0.15, 0.2) is 11.6 Å². The van der Waals surface area contributed by atoms with Crippen LogP contribution in [-0.4, -0.2) is 34.3 Å². The topological polar surface area (TPSA) is 49.2 Å². The Kier molecular flexibility index (Phi) is 3.33. The van der Waals surface area contributed by atoms with E-state index in [2.05, 4.69) is 9.97 Å². The van der Waals surface area contributed by atoms with Crippen molar-refractivity contribution >= 4 is 5.82 Å². The predicted octanol–water partition coefficient (Wildman–Crippen LogP) is 1.14. The molecule has 1 fully saturated rings. The van der Waals surface area contributed by atoms with Crippen molar-refractivity contribution in [3.05, 3.63) is 17.8 Å². The first-order chi connectivity index (χ1) is 7.72. The number of aliphatic hydroxyl groups is 1. The Morgan fingerprint density at radius 3 is 3.06 bits per heavy atom. The Balaban J connectivity index is 2.25. The zero-order chi connectivity index (χ0) is 11.5. The first-order valence-corrected chi connectivity index (χ1v) is 5.64. The van der Waals surface area contributed by atoms with Gasteiger partial charge in [-0.05, 0) is 19.3 Å². The summed E-state index contributed by atoms with van der Waals surface area (Å²) in [6, 6.07) is 0. The average Bonchev–Trinajstić information content (AvgIpc) is 2.29. The molecule has 1 aliphatic heterocycles. The minimum atomic E-state index is -0.381. The summed E-state index contributed by atoms with van der Waals surface area (Å²) in [4.78, 5) is 9.67. The molecular formula is C11H16FN3O. The second kappa shape index (κ2) is 4.74. The zero-order valence-corrected chi connectivity index (χ0v) is 9.36. The SMILES string of the molecule is CCc1ncnc(N2CCCC(O)C2)c1F. The van der Waals surface area contributed by atoms with Crippen LogP contribution in [-0.2, 0) is 6.42 Å². The van der Waals surface area contributed by atoms with Crippen LogP contribution < -0.4 is 4.90 Å². The maximum atomic E-state index is 13.9. The fraction of sp³-hybridized carbons (Fsp3) is 0.636. The van der Waals surface area contributed by atoms with Crippen molar-refractivity contribution in [2.75, 3.05) is 18.0 Å². The molecule has 0 radical (unpaired) electrons. The van der Waals surface area contributed by atoms with Gasteiger partial charge in [0.1, 0.15) is 6.33 Å². The molecule has 0 bridgehead atoms. The molecule has 0 saturated carbocycles. The fourth-order valence-electron chi connectivity index (χ4n) is 2.01. The lowest BCUT2D eigenvalue weighted by Crippen LogP contribution is -2.39. The molecule has 4 nitrogen and oxygen atoms in total. The fourth-order valence-corrected chi connectivity index (χ4v) is 2.01. The van der Waals surface area contributed by atoms with Gasteiger partial charge in [-0.15, -0.1) is 0 Å². The summed E-state index contributed by atoms with van der Waals surface area (Å²) in [5.41, 5.74) is 0.435. The Morgan fingerprint density at radius 1 is 1.56 bits per heavy atom. The van der Waals surface area contributed by atoms with Crippen molar-refractivity contribution in [1.82, 2.24) is 9.97 Å². The zero-order valence-electron chi connectivity index (χ0n) is 9.36. The molecule has 1 aromatic rings. The highest BCUT2D eigenvalue weighted by molar-refractivity contribution is 5.41. The molecule has 2 heterocycles. The van der Waals surface area contributed by atoms with Crippen molar-refractivity contribution in [2.45, 2.75) is 32.3 Å². The number of aryl methyl sites for hydroxylation is 1. The minimum Gasteiger partial charge on any atom is -0.391 e. The lowest BCUT2D eigenvalue weighted by molar-refractivity contribution is 0.153. The van der Waals surface area contributed by atoms with Crippen LogP contribution in [0.25, 0.3) is 0 Å². The van der Waals surface area contributed by atoms with Crippen molar-refractivity contribution in [3.63, 3.8) is 0 Å². The third kappa shape index (κ3) is 2.14. The van der Waals surface area contributed by atoms with Crippen LogP contribution in [0.4, 0.5) is 10.2 Å². The number of hydrogen-bond acceptors (Lipinski definition) is 4. The third-order valence-corrected chi connectivity index (χ3v) is 2.87. The number of nitrogens with zero attached hydrogens (tertiary/aromatic N) is 3. The van der Waals surface area contributed by atoms with E-state index in [0.717, 1.165) is 19.4 Å². The molecule has 5 heteroatoms. The summed E-state index contributed by atoms with van der Waals surface area (Å²) >= 11 is 0. The minimum absolute atomic E-state index is 0.325. The molecule has 1 unspecified atom stereocenters. The van der Waals surface area contributed by atoms with Crippen LogP contribution in [0.2, 0.25) is 0 Å². The average molecular weight is 225 g/mol. The monoisotopic (exact) mass is 225 g/mol. The maximum Gasteiger partial charge on any atom is 0.187 e. The molecule has 0 amide bonds. The molecule has 0 aliphatic carbocycles. The smallest absolute Gasteiger partial charge is 0.187 e. The van der Waals surface area contributed by atoms with Gasteiger partial charge in [-0.2, -0.15) is 0 Å². The number of aliphatic hydroxyl groups excluding tert-OH is 1. The van der Waals surface area contributed by atoms with Crippen LogP contribution in [0, 0.1) is 5.82 Å². The Hall–Kier alpha value is -1.23. The van der Waals surface area contributed by atoms with E-state index in [1.807, 2.05) is 6.92 Å². The number of rotatable bonds is 2. The molecule has 88 valence electrons. The normalized spacial score (nSPS) is 21.2. The molecule has 1 aromatic heterocycles. The van der Waals surface area contributed by atoms with E-state index >= 15 is 0 Å². The second-order valence-corrected chi connectivity index (χ2v) is 4.05. The van der Waals surface area contributed by atoms with E-state index in [0.29, 0.717) is 24.5 Å². The van der Waals surface area contributed by atoms with Crippen molar-refractivity contribution < 1.29 is 9.50 Å². The van der Waals surface area contributed by atoms with Gasteiger partial charge in [0.05, 0.1) is 11.8 Å². The van der Waals surface area contributed by atoms with Crippen LogP contribution in [0.5, 0.6) is 0 Å². The number of hydrogen-bond donors (Lipinski definition) is 1. The van der Waals surface area contributed by atoms with Gasteiger partial charge in [-0.1, -0.05) is 6.92 Å². The molecule has 2 rings (SSSR count). The van der Waals surface area contributed by atoms with Gasteiger partial charge in [-0.3, -0.25) is 0 Å². The van der Waals surface area contributed by atoms with Crippen LogP contribution >= 0.6 is 0 Å². The van der Waals surface area contributed by atoms with Gasteiger partial charge in [0.2, 0.25) is 0 Å². The van der Waals surface area contributed by atoms with E-state index in [-0.39, 0.29) is 11.9 Å². The summed E-state index contributed by atoms with van der Waals surface area (Å²) in [6.07, 6.45) is 3.21. The van der Waals surface area contributed by atoms with Crippen molar-refractivity contribution in [2.24, 2.45) is 0 Å². The number of piperidine rings is 1. The number of β-amino-alcohol motifs (C(OH)–C–C–N with tert-alkyl or cyclic N) is 1. The molecule has 0 spiro atoms. The second-order valence-electron chi connectivity index (χ2n) is 4.05. The van der Waals surface area contributed by atoms with E-state index in [1.165, 1.54) is 6.33 Å². The van der Waals surface area contributed by atoms with Crippen molar-refractivity contribution in [1.29, 1.82) is 0 Å². The highest BCUT2D eigenvalue weighted by Gasteiger charge is 2.22. The molecule has 1 atom stereocenters. The number of anilines is 1. The van der Waals surface area contributed by atoms with Gasteiger partial charge >= 0.3 is 0 Å². The highest BCUT2D eigenvalue weighted by Crippen LogP contribution is 2.22. The lowest BCUT2D eigenvalue weighted by Gasteiger charge is -2.31. The van der Waals surface area contributed by atoms with Crippen molar-refractivity contribution in [3.8, 4) is 0 Å². The third-order valence-electron chi connectivity index (χ3n) is 2.87. The Labute approximate surface area is 94.1 Å². The van der Waals surface area contributed by atoms with Crippen LogP contribution in [0.3, 0.4) is 0 Å². The molecule has 1 saturated heterocycles. The largest absolute Gasteiger partial charge is 0.391 e. The Morgan fingerprint density at radius 2 is 2.38 bits per heavy atom. The molecular weight excluding hydrogens is 209 g/mol. The van der Waals surface area contributed by atoms with E-state index in [9.17, 15) is 9.50 Å². The summed E-state index contributed by atoms with van der Waals surface area (Å²) in [6.45, 7) is 3.06. The van der Waals surface area contributed by atoms with Crippen LogP contribution in [0.15, 0.2) is 6.33 Å². The highest BCUT2D eigenvalue weighted by atomic mass is 19.1. The standard InChI is InChI=1S/C11H16FN3O/c1-2-9-10(12)11(14-7-13-9)15-5-3-4-8(16)6-15/h7-8,16H,2-6H2,1H3.